The number of imide groups is 1. The van der Waals surface area contributed by atoms with Gasteiger partial charge >= 0.3 is 6.03 Å². The van der Waals surface area contributed by atoms with Crippen LogP contribution in [0.25, 0.3) is 10.2 Å². The molecule has 27 heavy (non-hydrogen) atoms. The monoisotopic (exact) mass is 386 g/mol. The molecule has 1 spiro atoms. The molecule has 1 saturated carbocycles. The normalized spacial score (nSPS) is 19.7. The second kappa shape index (κ2) is 6.60. The molecule has 0 bridgehead atoms. The van der Waals surface area contributed by atoms with Crippen molar-refractivity contribution < 1.29 is 14.4 Å². The molecule has 4 rings (SSSR count). The van der Waals surface area contributed by atoms with Crippen molar-refractivity contribution in [1.29, 1.82) is 0 Å². The Morgan fingerprint density at radius 3 is 2.74 bits per heavy atom. The molecule has 4 amide bonds. The number of urea groups is 1. The summed E-state index contributed by atoms with van der Waals surface area (Å²) < 4.78 is 1.07. The molecule has 2 heterocycles. The zero-order valence-electron chi connectivity index (χ0n) is 15.4. The van der Waals surface area contributed by atoms with E-state index < -0.39 is 11.6 Å². The highest BCUT2D eigenvalue weighted by atomic mass is 32.1. The first-order valence-corrected chi connectivity index (χ1v) is 9.98. The first kappa shape index (κ1) is 17.9. The van der Waals surface area contributed by atoms with Gasteiger partial charge in [-0.25, -0.2) is 9.78 Å². The zero-order chi connectivity index (χ0) is 19.2. The molecular formula is C19H22N4O3S. The molecule has 0 unspecified atom stereocenters. The van der Waals surface area contributed by atoms with Crippen molar-refractivity contribution in [2.75, 3.05) is 13.6 Å². The van der Waals surface area contributed by atoms with Gasteiger partial charge in [0.15, 0.2) is 0 Å². The molecule has 7 nitrogen and oxygen atoms in total. The van der Waals surface area contributed by atoms with Crippen molar-refractivity contribution in [1.82, 2.24) is 20.1 Å². The maximum atomic E-state index is 12.8. The van der Waals surface area contributed by atoms with Crippen LogP contribution in [0.4, 0.5) is 4.79 Å². The van der Waals surface area contributed by atoms with Crippen molar-refractivity contribution >= 4 is 39.4 Å². The number of nitrogens with zero attached hydrogens (tertiary/aromatic N) is 3. The fourth-order valence-electron chi connectivity index (χ4n) is 3.83. The SMILES string of the molecule is C[C@H](c1nc2ccccc2s1)N(C)C(=O)CN1C(=O)NC2(CCCC2)C1=O. The number of carbonyl (C=O) groups excluding carboxylic acids is 3. The molecule has 1 atom stereocenters. The summed E-state index contributed by atoms with van der Waals surface area (Å²) in [6, 6.07) is 7.13. The van der Waals surface area contributed by atoms with Gasteiger partial charge in [-0.05, 0) is 31.9 Å². The van der Waals surface area contributed by atoms with E-state index >= 15 is 0 Å². The highest BCUT2D eigenvalue weighted by Gasteiger charge is 2.52. The summed E-state index contributed by atoms with van der Waals surface area (Å²) >= 11 is 1.55. The van der Waals surface area contributed by atoms with Crippen LogP contribution in [0.15, 0.2) is 24.3 Å². The number of para-hydroxylation sites is 1. The quantitative estimate of drug-likeness (QED) is 0.819. The zero-order valence-corrected chi connectivity index (χ0v) is 16.2. The highest BCUT2D eigenvalue weighted by molar-refractivity contribution is 7.18. The van der Waals surface area contributed by atoms with Crippen LogP contribution in [-0.2, 0) is 9.59 Å². The summed E-state index contributed by atoms with van der Waals surface area (Å²) in [7, 11) is 1.68. The van der Waals surface area contributed by atoms with E-state index in [1.54, 1.807) is 23.3 Å². The molecule has 1 aliphatic heterocycles. The van der Waals surface area contributed by atoms with E-state index in [9.17, 15) is 14.4 Å². The standard InChI is InChI=1S/C19H22N4O3S/c1-12(16-20-13-7-3-4-8-14(13)27-16)22(2)15(24)11-23-17(25)19(21-18(23)26)9-5-6-10-19/h3-4,7-8,12H,5-6,9-11H2,1-2H3,(H,21,26)/t12-/m1/s1. The molecule has 2 aromatic rings. The Morgan fingerprint density at radius 2 is 2.04 bits per heavy atom. The predicted molar refractivity (Wildman–Crippen MR) is 102 cm³/mol. The van der Waals surface area contributed by atoms with Gasteiger partial charge in [-0.3, -0.25) is 14.5 Å². The third kappa shape index (κ3) is 2.97. The minimum Gasteiger partial charge on any atom is -0.335 e. The Kier molecular flexibility index (Phi) is 4.38. The maximum absolute atomic E-state index is 12.8. The summed E-state index contributed by atoms with van der Waals surface area (Å²) in [5.74, 6) is -0.542. The Labute approximate surface area is 161 Å². The van der Waals surface area contributed by atoms with E-state index in [0.717, 1.165) is 33.0 Å². The summed E-state index contributed by atoms with van der Waals surface area (Å²) in [4.78, 5) is 45.0. The third-order valence-corrected chi connectivity index (χ3v) is 6.85. The lowest BCUT2D eigenvalue weighted by Gasteiger charge is -2.25. The number of hydrogen-bond donors (Lipinski definition) is 1. The number of thiazole rings is 1. The van der Waals surface area contributed by atoms with Crippen LogP contribution >= 0.6 is 11.3 Å². The van der Waals surface area contributed by atoms with E-state index in [2.05, 4.69) is 10.3 Å². The van der Waals surface area contributed by atoms with Crippen LogP contribution in [-0.4, -0.2) is 51.8 Å². The van der Waals surface area contributed by atoms with Crippen LogP contribution in [0.2, 0.25) is 0 Å². The largest absolute Gasteiger partial charge is 0.335 e. The van der Waals surface area contributed by atoms with Crippen molar-refractivity contribution in [2.24, 2.45) is 0 Å². The van der Waals surface area contributed by atoms with E-state index in [1.807, 2.05) is 31.2 Å². The number of carbonyl (C=O) groups is 3. The maximum Gasteiger partial charge on any atom is 0.325 e. The van der Waals surface area contributed by atoms with Gasteiger partial charge in [0.25, 0.3) is 5.91 Å². The molecule has 8 heteroatoms. The highest BCUT2D eigenvalue weighted by Crippen LogP contribution is 2.35. The number of benzene rings is 1. The third-order valence-electron chi connectivity index (χ3n) is 5.64. The molecule has 1 aromatic heterocycles. The number of fused-ring (bicyclic) bond motifs is 1. The van der Waals surface area contributed by atoms with Crippen LogP contribution in [0.1, 0.15) is 43.7 Å². The predicted octanol–water partition coefficient (Wildman–Crippen LogP) is 2.68. The fraction of sp³-hybridized carbons (Fsp3) is 0.474. The Bertz CT molecular complexity index is 886. The number of nitrogens with one attached hydrogen (secondary N) is 1. The average Bonchev–Trinajstić information content (AvgIpc) is 3.35. The lowest BCUT2D eigenvalue weighted by molar-refractivity contribution is -0.139. The summed E-state index contributed by atoms with van der Waals surface area (Å²) in [6.07, 6.45) is 3.14. The van der Waals surface area contributed by atoms with Crippen LogP contribution in [0.5, 0.6) is 0 Å². The van der Waals surface area contributed by atoms with Crippen molar-refractivity contribution in [3.63, 3.8) is 0 Å². The van der Waals surface area contributed by atoms with Gasteiger partial charge in [0.2, 0.25) is 5.91 Å². The van der Waals surface area contributed by atoms with Gasteiger partial charge in [0.1, 0.15) is 17.1 Å². The Morgan fingerprint density at radius 1 is 1.33 bits per heavy atom. The van der Waals surface area contributed by atoms with Crippen LogP contribution < -0.4 is 5.32 Å². The fourth-order valence-corrected chi connectivity index (χ4v) is 4.90. The molecule has 2 fully saturated rings. The molecule has 1 aromatic carbocycles. The Hall–Kier alpha value is -2.48. The first-order chi connectivity index (χ1) is 12.9. The molecule has 0 radical (unpaired) electrons. The number of amides is 4. The topological polar surface area (TPSA) is 82.6 Å². The van der Waals surface area contributed by atoms with Crippen molar-refractivity contribution in [3.05, 3.63) is 29.3 Å². The number of aromatic nitrogens is 1. The van der Waals surface area contributed by atoms with E-state index in [4.69, 9.17) is 0 Å². The minimum absolute atomic E-state index is 0.238. The van der Waals surface area contributed by atoms with Crippen molar-refractivity contribution in [3.8, 4) is 0 Å². The number of likely N-dealkylation sites (N-methyl/N-ethyl adjacent to an activating group) is 1. The number of hydrogen-bond acceptors (Lipinski definition) is 5. The number of rotatable bonds is 4. The van der Waals surface area contributed by atoms with Gasteiger partial charge in [-0.2, -0.15) is 0 Å². The molecule has 142 valence electrons. The van der Waals surface area contributed by atoms with Crippen molar-refractivity contribution in [2.45, 2.75) is 44.2 Å². The molecule has 2 aliphatic rings. The summed E-state index contributed by atoms with van der Waals surface area (Å²) in [6.45, 7) is 1.66. The molecule has 1 aliphatic carbocycles. The molecular weight excluding hydrogens is 364 g/mol. The van der Waals surface area contributed by atoms with E-state index in [-0.39, 0.29) is 24.4 Å². The lowest BCUT2D eigenvalue weighted by Crippen LogP contribution is -2.45. The van der Waals surface area contributed by atoms with E-state index in [1.165, 1.54) is 0 Å². The lowest BCUT2D eigenvalue weighted by atomic mass is 9.98. The second-order valence-corrected chi connectivity index (χ2v) is 8.37. The van der Waals surface area contributed by atoms with Gasteiger partial charge in [0.05, 0.1) is 16.3 Å². The second-order valence-electron chi connectivity index (χ2n) is 7.31. The summed E-state index contributed by atoms with van der Waals surface area (Å²) in [5, 5.41) is 3.64. The minimum atomic E-state index is -0.783. The smallest absolute Gasteiger partial charge is 0.325 e. The molecule has 1 N–H and O–H groups in total. The van der Waals surface area contributed by atoms with Gasteiger partial charge in [-0.1, -0.05) is 25.0 Å². The van der Waals surface area contributed by atoms with Gasteiger partial charge < -0.3 is 10.2 Å². The van der Waals surface area contributed by atoms with Gasteiger partial charge in [-0.15, -0.1) is 11.3 Å². The summed E-state index contributed by atoms with van der Waals surface area (Å²) in [5.41, 5.74) is 0.122. The Balaban J connectivity index is 1.47. The first-order valence-electron chi connectivity index (χ1n) is 9.16. The average molecular weight is 386 g/mol. The van der Waals surface area contributed by atoms with Crippen LogP contribution in [0, 0.1) is 0 Å². The molecule has 1 saturated heterocycles. The van der Waals surface area contributed by atoms with Gasteiger partial charge in [0, 0.05) is 7.05 Å². The van der Waals surface area contributed by atoms with E-state index in [0.29, 0.717) is 12.8 Å². The van der Waals surface area contributed by atoms with Crippen LogP contribution in [0.3, 0.4) is 0 Å².